The quantitative estimate of drug-likeness (QED) is 0.302. The van der Waals surface area contributed by atoms with Crippen LogP contribution in [0.2, 0.25) is 0 Å². The molecule has 1 unspecified atom stereocenters. The molecule has 4 atom stereocenters. The van der Waals surface area contributed by atoms with Crippen LogP contribution in [-0.2, 0) is 14.3 Å². The second-order valence-electron chi connectivity index (χ2n) is 10.1. The molecule has 0 bridgehead atoms. The lowest BCUT2D eigenvalue weighted by Crippen LogP contribution is -2.39. The second-order valence-corrected chi connectivity index (χ2v) is 11.0. The van der Waals surface area contributed by atoms with Gasteiger partial charge in [0.15, 0.2) is 28.8 Å². The number of aliphatic imine (C=N–C) groups is 1. The number of ether oxygens (including phenoxy) is 5. The van der Waals surface area contributed by atoms with E-state index < -0.39 is 17.8 Å². The van der Waals surface area contributed by atoms with Gasteiger partial charge >= 0.3 is 5.97 Å². The maximum atomic E-state index is 14.0. The van der Waals surface area contributed by atoms with Crippen LogP contribution in [0.25, 0.3) is 0 Å². The number of esters is 1. The van der Waals surface area contributed by atoms with E-state index in [1.165, 1.54) is 0 Å². The number of hydrogen-bond acceptors (Lipinski definition) is 8. The number of Topliss-reactive ketones (excluding diaryl/α,β-unsaturated/α-hetero) is 1. The summed E-state index contributed by atoms with van der Waals surface area (Å²) in [7, 11) is 6.30. The van der Waals surface area contributed by atoms with Crippen LogP contribution in [0, 0.1) is 5.92 Å². The zero-order valence-corrected chi connectivity index (χ0v) is 25.6. The Kier molecular flexibility index (Phi) is 9.23. The third-order valence-corrected chi connectivity index (χ3v) is 8.32. The van der Waals surface area contributed by atoms with Gasteiger partial charge in [0.2, 0.25) is 0 Å². The van der Waals surface area contributed by atoms with Crippen molar-refractivity contribution in [1.82, 2.24) is 0 Å². The van der Waals surface area contributed by atoms with Crippen LogP contribution in [0.5, 0.6) is 23.0 Å². The zero-order chi connectivity index (χ0) is 29.1. The molecule has 40 heavy (non-hydrogen) atoms. The molecule has 1 heterocycles. The van der Waals surface area contributed by atoms with Gasteiger partial charge in [-0.15, -0.1) is 0 Å². The summed E-state index contributed by atoms with van der Waals surface area (Å²) in [4.78, 5) is 32.4. The fraction of sp³-hybridized carbons (Fsp3) is 0.452. The Hall–Kier alpha value is -3.33. The van der Waals surface area contributed by atoms with Crippen molar-refractivity contribution in [3.05, 3.63) is 57.2 Å². The Morgan fingerprint density at radius 3 is 2.27 bits per heavy atom. The molecule has 2 aromatic carbocycles. The van der Waals surface area contributed by atoms with Gasteiger partial charge < -0.3 is 23.7 Å². The van der Waals surface area contributed by atoms with E-state index in [0.717, 1.165) is 11.1 Å². The number of hydrogen-bond donors (Lipinski definition) is 0. The zero-order valence-electron chi connectivity index (χ0n) is 24.0. The van der Waals surface area contributed by atoms with Crippen molar-refractivity contribution in [1.29, 1.82) is 0 Å². The maximum absolute atomic E-state index is 14.0. The van der Waals surface area contributed by atoms with Gasteiger partial charge in [-0.3, -0.25) is 14.6 Å². The number of nitrogens with zero attached hydrogens (tertiary/aromatic N) is 1. The highest BCUT2D eigenvalue weighted by molar-refractivity contribution is 9.10. The molecule has 0 saturated heterocycles. The summed E-state index contributed by atoms with van der Waals surface area (Å²) in [5, 5.41) is 0. The van der Waals surface area contributed by atoms with Crippen LogP contribution in [0.1, 0.15) is 63.0 Å². The third-order valence-electron chi connectivity index (χ3n) is 7.73. The number of carbonyl (C=O) groups is 2. The predicted molar refractivity (Wildman–Crippen MR) is 156 cm³/mol. The number of allylic oxidation sites excluding steroid dienone is 2. The van der Waals surface area contributed by atoms with Crippen molar-refractivity contribution in [2.45, 2.75) is 58.0 Å². The minimum Gasteiger partial charge on any atom is -0.493 e. The van der Waals surface area contributed by atoms with Gasteiger partial charge in [-0.25, -0.2) is 0 Å². The predicted octanol–water partition coefficient (Wildman–Crippen LogP) is 6.40. The first-order chi connectivity index (χ1) is 19.2. The summed E-state index contributed by atoms with van der Waals surface area (Å²) in [6.07, 6.45) is 1.25. The highest BCUT2D eigenvalue weighted by Crippen LogP contribution is 2.49. The molecule has 0 N–H and O–H groups in total. The number of halogens is 1. The Morgan fingerprint density at radius 2 is 1.65 bits per heavy atom. The second kappa shape index (κ2) is 12.5. The number of rotatable bonds is 9. The highest BCUT2D eigenvalue weighted by Gasteiger charge is 2.45. The van der Waals surface area contributed by atoms with Crippen molar-refractivity contribution < 1.29 is 33.3 Å². The first kappa shape index (κ1) is 29.6. The molecule has 2 aromatic rings. The van der Waals surface area contributed by atoms with E-state index in [1.807, 2.05) is 51.1 Å². The maximum Gasteiger partial charge on any atom is 0.315 e. The minimum atomic E-state index is -0.751. The first-order valence-corrected chi connectivity index (χ1v) is 14.1. The third kappa shape index (κ3) is 5.61. The molecule has 0 fully saturated rings. The summed E-state index contributed by atoms with van der Waals surface area (Å²) < 4.78 is 28.5. The number of benzene rings is 2. The van der Waals surface area contributed by atoms with Crippen molar-refractivity contribution in [2.75, 3.05) is 28.4 Å². The standard InChI is InChI=1S/C31H36BrNO7/c1-8-16(2)40-31(35)27-17(3)33-22-12-19(18-9-10-24(36-4)25(14-18)37-5)13-23(34)29(22)28(27)20-11-21(32)30(39-7)26(15-20)38-6/h9-11,14-16,19,27-28H,8,12-13H2,1-7H3/t16-,19-,27?,28-/m1/s1. The molecule has 0 amide bonds. The molecule has 2 aliphatic rings. The Bertz CT molecular complexity index is 1370. The van der Waals surface area contributed by atoms with E-state index in [4.69, 9.17) is 28.7 Å². The summed E-state index contributed by atoms with van der Waals surface area (Å²) in [6.45, 7) is 5.65. The molecule has 0 radical (unpaired) electrons. The lowest BCUT2D eigenvalue weighted by atomic mass is 9.69. The van der Waals surface area contributed by atoms with Gasteiger partial charge in [-0.1, -0.05) is 13.0 Å². The first-order valence-electron chi connectivity index (χ1n) is 13.3. The highest BCUT2D eigenvalue weighted by atomic mass is 79.9. The van der Waals surface area contributed by atoms with E-state index in [1.54, 1.807) is 28.4 Å². The number of ketones is 1. The van der Waals surface area contributed by atoms with Crippen LogP contribution in [0.4, 0.5) is 0 Å². The smallest absolute Gasteiger partial charge is 0.315 e. The monoisotopic (exact) mass is 613 g/mol. The lowest BCUT2D eigenvalue weighted by Gasteiger charge is -2.37. The summed E-state index contributed by atoms with van der Waals surface area (Å²) in [5.41, 5.74) is 3.57. The summed E-state index contributed by atoms with van der Waals surface area (Å²) in [6, 6.07) is 9.43. The molecule has 4 rings (SSSR count). The van der Waals surface area contributed by atoms with E-state index in [0.29, 0.717) is 57.3 Å². The molecule has 9 heteroatoms. The largest absolute Gasteiger partial charge is 0.493 e. The molecule has 1 aliphatic carbocycles. The van der Waals surface area contributed by atoms with Crippen LogP contribution >= 0.6 is 15.9 Å². The van der Waals surface area contributed by atoms with E-state index in [-0.39, 0.29) is 24.2 Å². The van der Waals surface area contributed by atoms with Gasteiger partial charge in [0.05, 0.1) is 39.0 Å². The SMILES string of the molecule is CC[C@@H](C)OC(=O)C1C(C)=NC2=C(C(=O)C[C@H](c3ccc(OC)c(OC)c3)C2)[C@@H]1c1cc(Br)c(OC)c(OC)c1. The average molecular weight is 615 g/mol. The Labute approximate surface area is 243 Å². The fourth-order valence-electron chi connectivity index (χ4n) is 5.54. The van der Waals surface area contributed by atoms with Gasteiger partial charge in [0.25, 0.3) is 0 Å². The van der Waals surface area contributed by atoms with Crippen molar-refractivity contribution >= 4 is 33.4 Å². The number of methoxy groups -OCH3 is 4. The van der Waals surface area contributed by atoms with Crippen molar-refractivity contribution in [2.24, 2.45) is 10.9 Å². The minimum absolute atomic E-state index is 0.0467. The molecule has 214 valence electrons. The van der Waals surface area contributed by atoms with E-state index in [2.05, 4.69) is 15.9 Å². The summed E-state index contributed by atoms with van der Waals surface area (Å²) in [5.74, 6) is 0.390. The van der Waals surface area contributed by atoms with Gasteiger partial charge in [-0.05, 0) is 83.9 Å². The molecular formula is C31H36BrNO7. The fourth-order valence-corrected chi connectivity index (χ4v) is 6.16. The topological polar surface area (TPSA) is 92.7 Å². The van der Waals surface area contributed by atoms with Gasteiger partial charge in [0, 0.05) is 29.3 Å². The van der Waals surface area contributed by atoms with Gasteiger partial charge in [-0.2, -0.15) is 0 Å². The summed E-state index contributed by atoms with van der Waals surface area (Å²) >= 11 is 3.58. The molecule has 0 spiro atoms. The van der Waals surface area contributed by atoms with Crippen LogP contribution < -0.4 is 18.9 Å². The number of carbonyl (C=O) groups excluding carboxylic acids is 2. The molecule has 0 saturated carbocycles. The molecule has 0 aromatic heterocycles. The van der Waals surface area contributed by atoms with Crippen LogP contribution in [0.15, 0.2) is 51.1 Å². The molecule has 1 aliphatic heterocycles. The molecule has 8 nitrogen and oxygen atoms in total. The van der Waals surface area contributed by atoms with Gasteiger partial charge in [0.1, 0.15) is 5.92 Å². The van der Waals surface area contributed by atoms with Crippen LogP contribution in [0.3, 0.4) is 0 Å². The van der Waals surface area contributed by atoms with Crippen LogP contribution in [-0.4, -0.2) is 52.0 Å². The van der Waals surface area contributed by atoms with E-state index in [9.17, 15) is 9.59 Å². The Morgan fingerprint density at radius 1 is 0.975 bits per heavy atom. The lowest BCUT2D eigenvalue weighted by molar-refractivity contribution is -0.151. The normalized spacial score (nSPS) is 21.2. The van der Waals surface area contributed by atoms with Crippen molar-refractivity contribution in [3.8, 4) is 23.0 Å². The Balaban J connectivity index is 1.83. The average Bonchev–Trinajstić information content (AvgIpc) is 2.95. The van der Waals surface area contributed by atoms with Crippen molar-refractivity contribution in [3.63, 3.8) is 0 Å². The van der Waals surface area contributed by atoms with E-state index >= 15 is 0 Å². The molecular weight excluding hydrogens is 578 g/mol.